The number of aliphatic hydroxyl groups is 1. The third-order valence-electron chi connectivity index (χ3n) is 2.55. The topological polar surface area (TPSA) is 82.5 Å². The van der Waals surface area contributed by atoms with E-state index < -0.39 is 16.1 Å². The Morgan fingerprint density at radius 1 is 1.59 bits per heavy atom. The van der Waals surface area contributed by atoms with E-state index in [9.17, 15) is 8.42 Å². The van der Waals surface area contributed by atoms with Crippen molar-refractivity contribution in [2.75, 3.05) is 26.0 Å². The normalized spacial score (nSPS) is 13.7. The number of hydrogen-bond donors (Lipinski definition) is 2. The molecule has 1 unspecified atom stereocenters. The number of aliphatic hydroxyl groups excluding tert-OH is 1. The van der Waals surface area contributed by atoms with Crippen LogP contribution in [0.4, 0.5) is 5.82 Å². The molecule has 0 fully saturated rings. The third kappa shape index (κ3) is 2.93. The van der Waals surface area contributed by atoms with Crippen molar-refractivity contribution in [3.05, 3.63) is 18.3 Å². The molecule has 0 spiro atoms. The first-order valence-electron chi connectivity index (χ1n) is 5.16. The van der Waals surface area contributed by atoms with Gasteiger partial charge in [0.15, 0.2) is 0 Å². The van der Waals surface area contributed by atoms with Crippen molar-refractivity contribution in [2.24, 2.45) is 0 Å². The SMILES string of the molecule is CNc1cc(S(=O)(=O)N(C)C(C)CO)ccn1. The Labute approximate surface area is 101 Å². The van der Waals surface area contributed by atoms with Crippen LogP contribution in [-0.4, -0.2) is 49.6 Å². The van der Waals surface area contributed by atoms with Crippen molar-refractivity contribution in [3.63, 3.8) is 0 Å². The van der Waals surface area contributed by atoms with Crippen LogP contribution in [0.3, 0.4) is 0 Å². The molecule has 1 rings (SSSR count). The summed E-state index contributed by atoms with van der Waals surface area (Å²) in [7, 11) is -0.484. The molecular formula is C10H17N3O3S. The van der Waals surface area contributed by atoms with E-state index in [1.807, 2.05) is 0 Å². The standard InChI is InChI=1S/C10H17N3O3S/c1-8(7-14)13(3)17(15,16)9-4-5-12-10(6-9)11-2/h4-6,8,14H,7H2,1-3H3,(H,11,12). The van der Waals surface area contributed by atoms with E-state index in [-0.39, 0.29) is 11.5 Å². The summed E-state index contributed by atoms with van der Waals surface area (Å²) < 4.78 is 25.5. The first kappa shape index (κ1) is 13.9. The molecule has 0 saturated heterocycles. The summed E-state index contributed by atoms with van der Waals surface area (Å²) in [5.41, 5.74) is 0. The molecule has 0 bridgehead atoms. The van der Waals surface area contributed by atoms with Crippen LogP contribution in [0, 0.1) is 0 Å². The van der Waals surface area contributed by atoms with Gasteiger partial charge in [-0.25, -0.2) is 13.4 Å². The van der Waals surface area contributed by atoms with E-state index in [0.717, 1.165) is 4.31 Å². The van der Waals surface area contributed by atoms with Gasteiger partial charge >= 0.3 is 0 Å². The van der Waals surface area contributed by atoms with Gasteiger partial charge in [-0.05, 0) is 13.0 Å². The number of rotatable bonds is 5. The Balaban J connectivity index is 3.12. The highest BCUT2D eigenvalue weighted by molar-refractivity contribution is 7.89. The van der Waals surface area contributed by atoms with Crippen LogP contribution in [0.2, 0.25) is 0 Å². The van der Waals surface area contributed by atoms with Gasteiger partial charge in [0.1, 0.15) is 5.82 Å². The van der Waals surface area contributed by atoms with Gasteiger partial charge in [-0.15, -0.1) is 0 Å². The number of aromatic nitrogens is 1. The Morgan fingerprint density at radius 2 is 2.24 bits per heavy atom. The second kappa shape index (κ2) is 5.44. The second-order valence-electron chi connectivity index (χ2n) is 3.68. The maximum absolute atomic E-state index is 12.2. The van der Waals surface area contributed by atoms with Gasteiger partial charge in [0.05, 0.1) is 11.5 Å². The number of likely N-dealkylation sites (N-methyl/N-ethyl adjacent to an activating group) is 1. The predicted octanol–water partition coefficient (Wildman–Crippen LogP) is 0.125. The van der Waals surface area contributed by atoms with Crippen LogP contribution in [-0.2, 0) is 10.0 Å². The fourth-order valence-electron chi connectivity index (χ4n) is 1.23. The van der Waals surface area contributed by atoms with Gasteiger partial charge in [0.2, 0.25) is 10.0 Å². The van der Waals surface area contributed by atoms with Crippen LogP contribution in [0.1, 0.15) is 6.92 Å². The molecule has 0 aliphatic carbocycles. The highest BCUT2D eigenvalue weighted by atomic mass is 32.2. The van der Waals surface area contributed by atoms with Gasteiger partial charge < -0.3 is 10.4 Å². The summed E-state index contributed by atoms with van der Waals surface area (Å²) in [5, 5.41) is 11.8. The van der Waals surface area contributed by atoms with Crippen LogP contribution >= 0.6 is 0 Å². The van der Waals surface area contributed by atoms with E-state index in [1.54, 1.807) is 14.0 Å². The highest BCUT2D eigenvalue weighted by Gasteiger charge is 2.25. The molecule has 0 aliphatic rings. The van der Waals surface area contributed by atoms with Crippen molar-refractivity contribution in [3.8, 4) is 0 Å². The zero-order valence-electron chi connectivity index (χ0n) is 10.1. The molecule has 6 nitrogen and oxygen atoms in total. The van der Waals surface area contributed by atoms with Crippen molar-refractivity contribution >= 4 is 15.8 Å². The lowest BCUT2D eigenvalue weighted by atomic mass is 10.4. The first-order chi connectivity index (χ1) is 7.93. The molecular weight excluding hydrogens is 242 g/mol. The molecule has 2 N–H and O–H groups in total. The minimum atomic E-state index is -3.59. The average molecular weight is 259 g/mol. The van der Waals surface area contributed by atoms with Crippen molar-refractivity contribution in [1.29, 1.82) is 0 Å². The van der Waals surface area contributed by atoms with Crippen LogP contribution in [0.5, 0.6) is 0 Å². The summed E-state index contributed by atoms with van der Waals surface area (Å²) in [6, 6.07) is 2.42. The van der Waals surface area contributed by atoms with Gasteiger partial charge in [0.25, 0.3) is 0 Å². The maximum atomic E-state index is 12.2. The quantitative estimate of drug-likeness (QED) is 0.785. The Morgan fingerprint density at radius 3 is 2.76 bits per heavy atom. The number of nitrogens with one attached hydrogen (secondary N) is 1. The van der Waals surface area contributed by atoms with Crippen LogP contribution in [0.15, 0.2) is 23.2 Å². The summed E-state index contributed by atoms with van der Waals surface area (Å²) in [6.07, 6.45) is 1.43. The zero-order chi connectivity index (χ0) is 13.1. The molecule has 1 aromatic rings. The maximum Gasteiger partial charge on any atom is 0.243 e. The molecule has 0 aromatic carbocycles. The van der Waals surface area contributed by atoms with Crippen molar-refractivity contribution in [2.45, 2.75) is 17.9 Å². The largest absolute Gasteiger partial charge is 0.395 e. The molecule has 1 heterocycles. The molecule has 0 aliphatic heterocycles. The summed E-state index contributed by atoms with van der Waals surface area (Å²) >= 11 is 0. The van der Waals surface area contributed by atoms with Gasteiger partial charge in [-0.1, -0.05) is 0 Å². The lowest BCUT2D eigenvalue weighted by molar-refractivity contribution is 0.214. The second-order valence-corrected chi connectivity index (χ2v) is 5.68. The molecule has 96 valence electrons. The third-order valence-corrected chi connectivity index (χ3v) is 4.52. The number of pyridine rings is 1. The Kier molecular flexibility index (Phi) is 4.44. The van der Waals surface area contributed by atoms with E-state index in [4.69, 9.17) is 5.11 Å². The average Bonchev–Trinajstić information content (AvgIpc) is 2.36. The minimum Gasteiger partial charge on any atom is -0.395 e. The van der Waals surface area contributed by atoms with E-state index in [0.29, 0.717) is 5.82 Å². The molecule has 0 amide bonds. The first-order valence-corrected chi connectivity index (χ1v) is 6.60. The van der Waals surface area contributed by atoms with Gasteiger partial charge in [-0.2, -0.15) is 4.31 Å². The van der Waals surface area contributed by atoms with E-state index >= 15 is 0 Å². The van der Waals surface area contributed by atoms with E-state index in [2.05, 4.69) is 10.3 Å². The Bertz CT molecular complexity index is 475. The monoisotopic (exact) mass is 259 g/mol. The molecule has 0 radical (unpaired) electrons. The lowest BCUT2D eigenvalue weighted by Gasteiger charge is -2.22. The number of sulfonamides is 1. The molecule has 17 heavy (non-hydrogen) atoms. The van der Waals surface area contributed by atoms with Crippen LogP contribution in [0.25, 0.3) is 0 Å². The number of nitrogens with zero attached hydrogens (tertiary/aromatic N) is 2. The lowest BCUT2D eigenvalue weighted by Crippen LogP contribution is -2.37. The fourth-order valence-corrected chi connectivity index (χ4v) is 2.59. The Hall–Kier alpha value is -1.18. The number of hydrogen-bond acceptors (Lipinski definition) is 5. The molecule has 1 aromatic heterocycles. The van der Waals surface area contributed by atoms with Gasteiger partial charge in [0, 0.05) is 32.4 Å². The summed E-state index contributed by atoms with van der Waals surface area (Å²) in [5.74, 6) is 0.483. The highest BCUT2D eigenvalue weighted by Crippen LogP contribution is 2.18. The number of anilines is 1. The summed E-state index contributed by atoms with van der Waals surface area (Å²) in [6.45, 7) is 1.41. The van der Waals surface area contributed by atoms with Crippen molar-refractivity contribution < 1.29 is 13.5 Å². The zero-order valence-corrected chi connectivity index (χ0v) is 10.9. The smallest absolute Gasteiger partial charge is 0.243 e. The van der Waals surface area contributed by atoms with E-state index in [1.165, 1.54) is 25.4 Å². The van der Waals surface area contributed by atoms with Crippen molar-refractivity contribution in [1.82, 2.24) is 9.29 Å². The fraction of sp³-hybridized carbons (Fsp3) is 0.500. The predicted molar refractivity (Wildman–Crippen MR) is 65.3 cm³/mol. The molecule has 7 heteroatoms. The van der Waals surface area contributed by atoms with Crippen LogP contribution < -0.4 is 5.32 Å². The summed E-state index contributed by atoms with van der Waals surface area (Å²) in [4.78, 5) is 4.10. The molecule has 1 atom stereocenters. The molecule has 0 saturated carbocycles. The minimum absolute atomic E-state index is 0.152. The van der Waals surface area contributed by atoms with Gasteiger partial charge in [-0.3, -0.25) is 0 Å².